The van der Waals surface area contributed by atoms with Crippen LogP contribution < -0.4 is 0 Å². The van der Waals surface area contributed by atoms with E-state index in [1.54, 1.807) is 57.2 Å². The molecule has 1 aliphatic heterocycles. The summed E-state index contributed by atoms with van der Waals surface area (Å²) in [6.07, 6.45) is -4.70. The number of fused-ring (bicyclic) bond motifs is 2. The highest BCUT2D eigenvalue weighted by molar-refractivity contribution is 5.90. The Hall–Kier alpha value is -3.28. The van der Waals surface area contributed by atoms with Gasteiger partial charge in [0.25, 0.3) is 0 Å². The average molecular weight is 655 g/mol. The summed E-state index contributed by atoms with van der Waals surface area (Å²) in [6, 6.07) is 8.31. The van der Waals surface area contributed by atoms with Crippen LogP contribution in [0.15, 0.2) is 42.0 Å². The van der Waals surface area contributed by atoms with Gasteiger partial charge in [0.2, 0.25) is 0 Å². The van der Waals surface area contributed by atoms with Crippen LogP contribution in [0.4, 0.5) is 0 Å². The molecule has 6 rings (SSSR count). The lowest BCUT2D eigenvalue weighted by Crippen LogP contribution is -2.66. The number of rotatable bonds is 6. The van der Waals surface area contributed by atoms with Gasteiger partial charge in [-0.3, -0.25) is 9.59 Å². The van der Waals surface area contributed by atoms with Crippen LogP contribution in [0.5, 0.6) is 0 Å². The summed E-state index contributed by atoms with van der Waals surface area (Å²) in [5.74, 6) is -5.19. The van der Waals surface area contributed by atoms with E-state index < -0.39 is 89.0 Å². The third kappa shape index (κ3) is 4.63. The molecule has 0 spiro atoms. The maximum atomic E-state index is 13.9. The summed E-state index contributed by atoms with van der Waals surface area (Å²) in [5.41, 5.74) is -4.76. The van der Waals surface area contributed by atoms with E-state index in [1.165, 1.54) is 13.8 Å². The lowest BCUT2D eigenvalue weighted by atomic mass is 9.56. The van der Waals surface area contributed by atoms with Gasteiger partial charge in [0.15, 0.2) is 11.9 Å². The Morgan fingerprint density at radius 3 is 2.17 bits per heavy atom. The first-order valence-corrected chi connectivity index (χ1v) is 16.5. The van der Waals surface area contributed by atoms with Gasteiger partial charge in [-0.1, -0.05) is 45.0 Å². The van der Waals surface area contributed by atoms with Crippen LogP contribution in [0.3, 0.4) is 0 Å². The second kappa shape index (κ2) is 11.1. The van der Waals surface area contributed by atoms with Crippen molar-refractivity contribution in [2.45, 2.75) is 110 Å². The van der Waals surface area contributed by atoms with Crippen molar-refractivity contribution in [3.8, 4) is 0 Å². The summed E-state index contributed by atoms with van der Waals surface area (Å²) in [7, 11) is 0. The van der Waals surface area contributed by atoms with Gasteiger partial charge < -0.3 is 33.9 Å². The van der Waals surface area contributed by atoms with Gasteiger partial charge in [0, 0.05) is 25.3 Å². The molecule has 11 heteroatoms. The Morgan fingerprint density at radius 2 is 1.57 bits per heavy atom. The Labute approximate surface area is 274 Å². The zero-order valence-corrected chi connectivity index (χ0v) is 28.2. The zero-order valence-electron chi connectivity index (χ0n) is 28.2. The van der Waals surface area contributed by atoms with Crippen LogP contribution in [0, 0.1) is 40.4 Å². The second-order valence-corrected chi connectivity index (χ2v) is 15.1. The Bertz CT molecular complexity index is 1500. The number of carbonyl (C=O) groups excluding carboxylic acids is 4. The summed E-state index contributed by atoms with van der Waals surface area (Å²) >= 11 is 0. The maximum Gasteiger partial charge on any atom is 0.338 e. The lowest BCUT2D eigenvalue weighted by Gasteiger charge is -2.52. The van der Waals surface area contributed by atoms with Crippen LogP contribution >= 0.6 is 0 Å². The van der Waals surface area contributed by atoms with Gasteiger partial charge in [-0.2, -0.15) is 0 Å². The molecule has 2 bridgehead atoms. The monoisotopic (exact) mass is 654 g/mol. The van der Waals surface area contributed by atoms with Crippen molar-refractivity contribution in [3.05, 3.63) is 47.5 Å². The molecule has 1 saturated heterocycles. The quantitative estimate of drug-likeness (QED) is 0.262. The highest BCUT2D eigenvalue weighted by Crippen LogP contribution is 2.79. The van der Waals surface area contributed by atoms with Crippen molar-refractivity contribution in [2.75, 3.05) is 0 Å². The predicted molar refractivity (Wildman–Crippen MR) is 165 cm³/mol. The maximum absolute atomic E-state index is 13.9. The van der Waals surface area contributed by atoms with Crippen LogP contribution in [0.25, 0.3) is 0 Å². The first-order valence-electron chi connectivity index (χ1n) is 16.5. The molecule has 2 N–H and O–H groups in total. The number of allylic oxidation sites excluding steroid dienone is 1. The van der Waals surface area contributed by atoms with Crippen LogP contribution in [-0.2, 0) is 38.1 Å². The van der Waals surface area contributed by atoms with Gasteiger partial charge in [-0.15, -0.1) is 0 Å². The van der Waals surface area contributed by atoms with E-state index in [-0.39, 0.29) is 29.2 Å². The Morgan fingerprint density at radius 1 is 0.936 bits per heavy atom. The molecule has 13 atom stereocenters. The van der Waals surface area contributed by atoms with E-state index in [9.17, 15) is 29.4 Å². The highest BCUT2D eigenvalue weighted by Gasteiger charge is 2.88. The number of carbonyl (C=O) groups is 4. The van der Waals surface area contributed by atoms with Crippen molar-refractivity contribution in [2.24, 2.45) is 40.4 Å². The van der Waals surface area contributed by atoms with Gasteiger partial charge in [-0.25, -0.2) is 9.59 Å². The Balaban J connectivity index is 1.64. The molecule has 5 fully saturated rings. The molecule has 47 heavy (non-hydrogen) atoms. The van der Waals surface area contributed by atoms with Crippen molar-refractivity contribution >= 4 is 23.9 Å². The third-order valence-electron chi connectivity index (χ3n) is 12.3. The molecular weight excluding hydrogens is 608 g/mol. The minimum atomic E-state index is -1.81. The molecule has 0 amide bonds. The molecule has 0 unspecified atom stereocenters. The van der Waals surface area contributed by atoms with Gasteiger partial charge in [-0.05, 0) is 68.9 Å². The van der Waals surface area contributed by atoms with E-state index in [4.69, 9.17) is 23.7 Å². The van der Waals surface area contributed by atoms with E-state index in [2.05, 4.69) is 13.8 Å². The van der Waals surface area contributed by atoms with E-state index in [0.717, 1.165) is 0 Å². The van der Waals surface area contributed by atoms with Crippen LogP contribution in [0.1, 0.15) is 78.6 Å². The first kappa shape index (κ1) is 33.6. The number of benzene rings is 1. The predicted octanol–water partition coefficient (Wildman–Crippen LogP) is 3.74. The van der Waals surface area contributed by atoms with Crippen LogP contribution in [0.2, 0.25) is 0 Å². The summed E-state index contributed by atoms with van der Waals surface area (Å²) in [6.45, 7) is 13.5. The first-order chi connectivity index (χ1) is 22.0. The summed E-state index contributed by atoms with van der Waals surface area (Å²) < 4.78 is 31.4. The number of aliphatic hydroxyl groups is 2. The van der Waals surface area contributed by atoms with E-state index in [1.807, 2.05) is 6.92 Å². The lowest BCUT2D eigenvalue weighted by molar-refractivity contribution is -0.283. The van der Waals surface area contributed by atoms with Gasteiger partial charge >= 0.3 is 23.9 Å². The third-order valence-corrected chi connectivity index (χ3v) is 12.3. The largest absolute Gasteiger partial charge is 0.462 e. The molecule has 0 aromatic heterocycles. The number of aliphatic hydroxyl groups excluding tert-OH is 2. The molecule has 1 heterocycles. The zero-order chi connectivity index (χ0) is 34.4. The molecule has 11 nitrogen and oxygen atoms in total. The minimum Gasteiger partial charge on any atom is -0.462 e. The summed E-state index contributed by atoms with van der Waals surface area (Å²) in [5, 5.41) is 25.0. The minimum absolute atomic E-state index is 0.0201. The van der Waals surface area contributed by atoms with Crippen LogP contribution in [-0.4, -0.2) is 76.0 Å². The molecule has 4 saturated carbocycles. The fourth-order valence-electron chi connectivity index (χ4n) is 10.3. The Kier molecular flexibility index (Phi) is 7.96. The van der Waals surface area contributed by atoms with E-state index in [0.29, 0.717) is 12.0 Å². The molecule has 0 radical (unpaired) electrons. The number of esters is 4. The molecule has 5 aliphatic rings. The smallest absolute Gasteiger partial charge is 0.338 e. The van der Waals surface area contributed by atoms with Gasteiger partial charge in [0.1, 0.15) is 35.4 Å². The standard InChI is InChI=1S/C36H46O11/c1-9-17(2)29(39)45-23-15-22-24(33(22,6)7)27-34(8)31(41)35(46-30(40)21-13-11-10-12-14-21)16-18(3)26(43-19(4)37)25(35)28(44-20(5)38)36(23,27)32(42)47-34/h9-14,18,22-28,31-32,41-42H,15-16H2,1-8H3/t18-,22-,23+,24-,25+,26-,27-,28+,31+,32-,34+,35+,36-/m0/s1. The van der Waals surface area contributed by atoms with Crippen molar-refractivity contribution < 1.29 is 53.1 Å². The molecule has 256 valence electrons. The second-order valence-electron chi connectivity index (χ2n) is 15.1. The van der Waals surface area contributed by atoms with Crippen molar-refractivity contribution in [3.63, 3.8) is 0 Å². The summed E-state index contributed by atoms with van der Waals surface area (Å²) in [4.78, 5) is 53.2. The number of hydrogen-bond donors (Lipinski definition) is 2. The number of hydrogen-bond acceptors (Lipinski definition) is 11. The topological polar surface area (TPSA) is 155 Å². The number of ether oxygens (including phenoxy) is 5. The van der Waals surface area contributed by atoms with Crippen molar-refractivity contribution in [1.82, 2.24) is 0 Å². The highest BCUT2D eigenvalue weighted by atomic mass is 16.7. The molecule has 1 aromatic rings. The van der Waals surface area contributed by atoms with Crippen molar-refractivity contribution in [1.29, 1.82) is 0 Å². The fraction of sp³-hybridized carbons (Fsp3) is 0.667. The SMILES string of the molecule is CC=C(C)C(=O)O[C@@H]1C[C@H]2[C@@H]([C@H]3[C@@]4(C)O[C@H](O)[C@@]13[C@H](OC(C)=O)[C@H]1[C@@H](OC(C)=O)[C@@H](C)C[C@]1(OC(=O)c1ccccc1)[C@@H]4O)C2(C)C. The molecule has 1 aromatic carbocycles. The molecule has 4 aliphatic carbocycles. The normalized spacial score (nSPS) is 44.2. The fourth-order valence-corrected chi connectivity index (χ4v) is 10.3. The van der Waals surface area contributed by atoms with E-state index >= 15 is 0 Å². The average Bonchev–Trinajstić information content (AvgIpc) is 3.31. The molecular formula is C36H46O11. The van der Waals surface area contributed by atoms with Gasteiger partial charge in [0.05, 0.1) is 11.5 Å².